The SMILES string of the molecule is C#C[C@@]1(C[CH]c2oc(=O)oc2C)O[C@@H](n2cnc3c(N)nc(F)nc32)C[C@@H]1O. The number of anilines is 1. The summed E-state index contributed by atoms with van der Waals surface area (Å²) in [4.78, 5) is 22.4. The molecule has 0 aliphatic carbocycles. The summed E-state index contributed by atoms with van der Waals surface area (Å²) in [5.41, 5.74) is 4.59. The van der Waals surface area contributed by atoms with Crippen LogP contribution in [0, 0.1) is 31.8 Å². The number of nitrogen functional groups attached to an aromatic ring is 1. The standard InChI is InChI=1S/C17H15FN5O5/c1-3-17(5-4-9-8(2)26-16(25)27-9)10(24)6-11(28-17)23-7-20-12-13(19)21-15(18)22-14(12)23/h1,4,7,10-11,24H,5-6H2,2H3,(H2,19,21,22)/t10-,11+,17-/m0/s1. The van der Waals surface area contributed by atoms with Gasteiger partial charge in [0.2, 0.25) is 0 Å². The van der Waals surface area contributed by atoms with Crippen LogP contribution < -0.4 is 11.6 Å². The normalized spacial score (nSPS) is 24.6. The monoisotopic (exact) mass is 388 g/mol. The molecule has 1 radical (unpaired) electrons. The Bertz CT molecular complexity index is 1150. The molecule has 145 valence electrons. The van der Waals surface area contributed by atoms with Crippen molar-refractivity contribution in [2.24, 2.45) is 0 Å². The van der Waals surface area contributed by atoms with Crippen molar-refractivity contribution in [1.29, 1.82) is 0 Å². The van der Waals surface area contributed by atoms with E-state index in [0.29, 0.717) is 0 Å². The van der Waals surface area contributed by atoms with Gasteiger partial charge in [0.05, 0.1) is 12.4 Å². The highest BCUT2D eigenvalue weighted by Gasteiger charge is 2.48. The molecule has 28 heavy (non-hydrogen) atoms. The Hall–Kier alpha value is -3.23. The first-order chi connectivity index (χ1) is 13.3. The van der Waals surface area contributed by atoms with Gasteiger partial charge >= 0.3 is 11.9 Å². The van der Waals surface area contributed by atoms with Crippen molar-refractivity contribution in [3.63, 3.8) is 0 Å². The van der Waals surface area contributed by atoms with Crippen LogP contribution >= 0.6 is 0 Å². The lowest BCUT2D eigenvalue weighted by Gasteiger charge is -2.26. The summed E-state index contributed by atoms with van der Waals surface area (Å²) in [6.45, 7) is 1.56. The molecule has 0 saturated carbocycles. The summed E-state index contributed by atoms with van der Waals surface area (Å²) < 4.78 is 30.6. The Labute approximate surface area is 157 Å². The lowest BCUT2D eigenvalue weighted by molar-refractivity contribution is -0.0629. The van der Waals surface area contributed by atoms with E-state index in [0.717, 1.165) is 0 Å². The Balaban J connectivity index is 1.62. The fraction of sp³-hybridized carbons (Fsp3) is 0.353. The fourth-order valence-electron chi connectivity index (χ4n) is 3.20. The molecule has 1 aliphatic rings. The van der Waals surface area contributed by atoms with Gasteiger partial charge in [0.1, 0.15) is 12.0 Å². The number of fused-ring (bicyclic) bond motifs is 1. The topological polar surface area (TPSA) is 142 Å². The van der Waals surface area contributed by atoms with E-state index < -0.39 is 29.8 Å². The van der Waals surface area contributed by atoms with Crippen LogP contribution in [0.25, 0.3) is 11.2 Å². The van der Waals surface area contributed by atoms with E-state index >= 15 is 0 Å². The van der Waals surface area contributed by atoms with Gasteiger partial charge in [0, 0.05) is 19.3 Å². The zero-order valence-corrected chi connectivity index (χ0v) is 14.6. The summed E-state index contributed by atoms with van der Waals surface area (Å²) in [5, 5.41) is 10.6. The number of nitrogens with zero attached hydrogens (tertiary/aromatic N) is 4. The molecular weight excluding hydrogens is 373 g/mol. The van der Waals surface area contributed by atoms with Gasteiger partial charge in [0.15, 0.2) is 28.3 Å². The van der Waals surface area contributed by atoms with Crippen LogP contribution in [0.5, 0.6) is 0 Å². The molecule has 1 fully saturated rings. The first-order valence-electron chi connectivity index (χ1n) is 8.26. The molecule has 1 saturated heterocycles. The maximum atomic E-state index is 13.6. The molecule has 4 heterocycles. The molecule has 3 N–H and O–H groups in total. The third kappa shape index (κ3) is 2.83. The number of rotatable bonds is 4. The molecule has 1 aliphatic heterocycles. The molecule has 0 unspecified atom stereocenters. The number of hydrogen-bond donors (Lipinski definition) is 2. The zero-order chi connectivity index (χ0) is 20.1. The van der Waals surface area contributed by atoms with Crippen LogP contribution in [0.2, 0.25) is 0 Å². The van der Waals surface area contributed by atoms with Crippen LogP contribution in [0.1, 0.15) is 30.6 Å². The number of terminal acetylenes is 1. The smallest absolute Gasteiger partial charge is 0.396 e. The number of ether oxygens (including phenoxy) is 1. The molecule has 3 aromatic rings. The molecule has 0 amide bonds. The summed E-state index contributed by atoms with van der Waals surface area (Å²) in [5.74, 6) is 2.00. The van der Waals surface area contributed by atoms with Gasteiger partial charge < -0.3 is 24.4 Å². The van der Waals surface area contributed by atoms with Crippen molar-refractivity contribution in [3.05, 3.63) is 41.0 Å². The largest absolute Gasteiger partial charge is 0.519 e. The summed E-state index contributed by atoms with van der Waals surface area (Å²) in [7, 11) is 0. The van der Waals surface area contributed by atoms with Crippen LogP contribution in [0.3, 0.4) is 0 Å². The number of hydrogen-bond acceptors (Lipinski definition) is 9. The minimum Gasteiger partial charge on any atom is -0.396 e. The highest BCUT2D eigenvalue weighted by atomic mass is 19.1. The molecule has 0 spiro atoms. The molecular formula is C17H15FN5O5. The van der Waals surface area contributed by atoms with Crippen molar-refractivity contribution < 1.29 is 23.1 Å². The highest BCUT2D eigenvalue weighted by molar-refractivity contribution is 5.81. The second-order valence-corrected chi connectivity index (χ2v) is 6.34. The molecule has 0 aromatic carbocycles. The maximum Gasteiger partial charge on any atom is 0.519 e. The minimum atomic E-state index is -1.40. The van der Waals surface area contributed by atoms with Gasteiger partial charge in [-0.3, -0.25) is 4.57 Å². The molecule has 4 rings (SSSR count). The van der Waals surface area contributed by atoms with Crippen LogP contribution in [0.15, 0.2) is 20.0 Å². The Morgan fingerprint density at radius 2 is 2.32 bits per heavy atom. The number of imidazole rings is 1. The van der Waals surface area contributed by atoms with Crippen LogP contribution in [-0.2, 0) is 4.74 Å². The fourth-order valence-corrected chi connectivity index (χ4v) is 3.20. The predicted octanol–water partition coefficient (Wildman–Crippen LogP) is 0.697. The van der Waals surface area contributed by atoms with Gasteiger partial charge in [-0.1, -0.05) is 5.92 Å². The lowest BCUT2D eigenvalue weighted by Crippen LogP contribution is -2.38. The van der Waals surface area contributed by atoms with Gasteiger partial charge in [-0.25, -0.2) is 9.78 Å². The Morgan fingerprint density at radius 3 is 3.00 bits per heavy atom. The summed E-state index contributed by atoms with van der Waals surface area (Å²) >= 11 is 0. The highest BCUT2D eigenvalue weighted by Crippen LogP contribution is 2.41. The first kappa shape index (κ1) is 18.1. The van der Waals surface area contributed by atoms with Crippen molar-refractivity contribution in [1.82, 2.24) is 19.5 Å². The first-order valence-corrected chi connectivity index (χ1v) is 8.26. The lowest BCUT2D eigenvalue weighted by atomic mass is 9.91. The molecule has 10 nitrogen and oxygen atoms in total. The van der Waals surface area contributed by atoms with Gasteiger partial charge in [-0.05, 0) is 6.92 Å². The third-order valence-electron chi connectivity index (χ3n) is 4.65. The Kier molecular flexibility index (Phi) is 4.17. The number of aliphatic hydroxyl groups is 1. The second kappa shape index (κ2) is 6.43. The number of nitrogens with two attached hydrogens (primary N) is 1. The number of aromatic nitrogens is 4. The average Bonchev–Trinajstić information content (AvgIpc) is 3.29. The van der Waals surface area contributed by atoms with E-state index in [1.54, 1.807) is 6.92 Å². The Morgan fingerprint density at radius 1 is 1.54 bits per heavy atom. The van der Waals surface area contributed by atoms with E-state index in [2.05, 4.69) is 20.9 Å². The van der Waals surface area contributed by atoms with Crippen molar-refractivity contribution in [2.75, 3.05) is 5.73 Å². The summed E-state index contributed by atoms with van der Waals surface area (Å²) in [6, 6.07) is 0. The average molecular weight is 388 g/mol. The molecule has 3 atom stereocenters. The van der Waals surface area contributed by atoms with E-state index in [1.165, 1.54) is 17.3 Å². The molecule has 11 heteroatoms. The van der Waals surface area contributed by atoms with E-state index in [1.807, 2.05) is 0 Å². The third-order valence-corrected chi connectivity index (χ3v) is 4.65. The van der Waals surface area contributed by atoms with Crippen molar-refractivity contribution >= 4 is 17.0 Å². The van der Waals surface area contributed by atoms with E-state index in [-0.39, 0.29) is 41.3 Å². The van der Waals surface area contributed by atoms with E-state index in [9.17, 15) is 14.3 Å². The van der Waals surface area contributed by atoms with Gasteiger partial charge in [0.25, 0.3) is 0 Å². The molecule has 3 aromatic heterocycles. The van der Waals surface area contributed by atoms with E-state index in [4.69, 9.17) is 25.7 Å². The predicted molar refractivity (Wildman–Crippen MR) is 92.0 cm³/mol. The van der Waals surface area contributed by atoms with Gasteiger partial charge in [-0.15, -0.1) is 6.42 Å². The number of aliphatic hydroxyl groups excluding tert-OH is 1. The quantitative estimate of drug-likeness (QED) is 0.487. The van der Waals surface area contributed by atoms with Gasteiger partial charge in [-0.2, -0.15) is 14.4 Å². The second-order valence-electron chi connectivity index (χ2n) is 6.34. The number of aryl methyl sites for hydroxylation is 1. The zero-order valence-electron chi connectivity index (χ0n) is 14.6. The minimum absolute atomic E-state index is 0.0442. The van der Waals surface area contributed by atoms with Crippen molar-refractivity contribution in [3.8, 4) is 12.3 Å². The summed E-state index contributed by atoms with van der Waals surface area (Å²) in [6.07, 6.45) is 5.83. The van der Waals surface area contributed by atoms with Crippen LogP contribution in [-0.4, -0.2) is 36.3 Å². The number of halogens is 1. The maximum absolute atomic E-state index is 13.6. The van der Waals surface area contributed by atoms with Crippen molar-refractivity contribution in [2.45, 2.75) is 37.7 Å². The molecule has 0 bridgehead atoms. The van der Waals surface area contributed by atoms with Crippen LogP contribution in [0.4, 0.5) is 10.2 Å².